The number of nitrogens with one attached hydrogen (secondary N) is 1. The van der Waals surface area contributed by atoms with Gasteiger partial charge in [-0.3, -0.25) is 29.8 Å². The lowest BCUT2D eigenvalue weighted by atomic mass is 10.1. The summed E-state index contributed by atoms with van der Waals surface area (Å²) in [5.74, 6) is -1.00. The third-order valence-corrected chi connectivity index (χ3v) is 4.85. The summed E-state index contributed by atoms with van der Waals surface area (Å²) < 4.78 is 0. The molecule has 1 aliphatic heterocycles. The van der Waals surface area contributed by atoms with E-state index in [2.05, 4.69) is 5.32 Å². The van der Waals surface area contributed by atoms with Crippen LogP contribution in [0.25, 0.3) is 6.08 Å². The van der Waals surface area contributed by atoms with Gasteiger partial charge in [-0.25, -0.2) is 0 Å². The van der Waals surface area contributed by atoms with E-state index in [1.165, 1.54) is 48.5 Å². The molecule has 10 heteroatoms. The standard InChI is InChI=1S/C21H20N4O6/c26-20(16-7-9-17(10-8-16)24(28)29)22-19(21(27)23-11-2-1-3-12-23)14-15-5-4-6-18(13-15)25(30)31/h4-10,13-14H,1-3,11-12H2,(H,22,26). The lowest BCUT2D eigenvalue weighted by Crippen LogP contribution is -2.41. The van der Waals surface area contributed by atoms with E-state index < -0.39 is 15.8 Å². The molecule has 1 heterocycles. The van der Waals surface area contributed by atoms with E-state index in [0.29, 0.717) is 18.7 Å². The number of benzene rings is 2. The lowest BCUT2D eigenvalue weighted by Gasteiger charge is -2.27. The molecule has 1 fully saturated rings. The number of non-ortho nitro benzene ring substituents is 2. The van der Waals surface area contributed by atoms with Gasteiger partial charge in [-0.2, -0.15) is 0 Å². The maximum atomic E-state index is 13.1. The number of hydrogen-bond acceptors (Lipinski definition) is 6. The summed E-state index contributed by atoms with van der Waals surface area (Å²) in [6, 6.07) is 10.7. The summed E-state index contributed by atoms with van der Waals surface area (Å²) in [5.41, 5.74) is 0.208. The number of piperidine rings is 1. The van der Waals surface area contributed by atoms with Gasteiger partial charge in [0.05, 0.1) is 9.85 Å². The summed E-state index contributed by atoms with van der Waals surface area (Å²) in [5, 5.41) is 24.4. The van der Waals surface area contributed by atoms with E-state index in [0.717, 1.165) is 19.3 Å². The Hall–Kier alpha value is -4.08. The van der Waals surface area contributed by atoms with Crippen LogP contribution in [0.5, 0.6) is 0 Å². The first-order valence-corrected chi connectivity index (χ1v) is 9.66. The maximum absolute atomic E-state index is 13.1. The average Bonchev–Trinajstić information content (AvgIpc) is 2.79. The minimum atomic E-state index is -0.614. The predicted molar refractivity (Wildman–Crippen MR) is 112 cm³/mol. The first-order valence-electron chi connectivity index (χ1n) is 9.66. The molecule has 1 N–H and O–H groups in total. The topological polar surface area (TPSA) is 136 Å². The monoisotopic (exact) mass is 424 g/mol. The molecule has 2 aromatic rings. The zero-order valence-corrected chi connectivity index (χ0v) is 16.5. The number of likely N-dealkylation sites (tertiary alicyclic amines) is 1. The smallest absolute Gasteiger partial charge is 0.270 e. The Bertz CT molecular complexity index is 1040. The average molecular weight is 424 g/mol. The number of carbonyl (C=O) groups is 2. The molecule has 0 radical (unpaired) electrons. The quantitative estimate of drug-likeness (QED) is 0.429. The van der Waals surface area contributed by atoms with E-state index in [4.69, 9.17) is 0 Å². The van der Waals surface area contributed by atoms with E-state index in [-0.39, 0.29) is 28.5 Å². The molecule has 0 spiro atoms. The van der Waals surface area contributed by atoms with Gasteiger partial charge in [-0.15, -0.1) is 0 Å². The molecule has 0 aromatic heterocycles. The maximum Gasteiger partial charge on any atom is 0.270 e. The largest absolute Gasteiger partial charge is 0.337 e. The molecule has 0 unspecified atom stereocenters. The van der Waals surface area contributed by atoms with Crippen LogP contribution in [0.2, 0.25) is 0 Å². The SMILES string of the molecule is O=C(NC(=Cc1cccc([N+](=O)[O-])c1)C(=O)N1CCCCC1)c1ccc([N+](=O)[O-])cc1. The summed E-state index contributed by atoms with van der Waals surface area (Å²) in [6.07, 6.45) is 4.12. The van der Waals surface area contributed by atoms with Crippen molar-refractivity contribution >= 4 is 29.3 Å². The fraction of sp³-hybridized carbons (Fsp3) is 0.238. The molecular weight excluding hydrogens is 404 g/mol. The highest BCUT2D eigenvalue weighted by molar-refractivity contribution is 6.05. The highest BCUT2D eigenvalue weighted by Gasteiger charge is 2.23. The van der Waals surface area contributed by atoms with Gasteiger partial charge in [-0.05, 0) is 43.0 Å². The molecule has 0 aliphatic carbocycles. The van der Waals surface area contributed by atoms with Gasteiger partial charge < -0.3 is 10.2 Å². The minimum Gasteiger partial charge on any atom is -0.337 e. The van der Waals surface area contributed by atoms with Crippen molar-refractivity contribution in [2.24, 2.45) is 0 Å². The summed E-state index contributed by atoms with van der Waals surface area (Å²) in [7, 11) is 0. The molecule has 1 saturated heterocycles. The van der Waals surface area contributed by atoms with Gasteiger partial charge in [0.2, 0.25) is 0 Å². The summed E-state index contributed by atoms with van der Waals surface area (Å²) in [6.45, 7) is 1.11. The van der Waals surface area contributed by atoms with Crippen LogP contribution in [0.1, 0.15) is 35.2 Å². The number of amides is 2. The van der Waals surface area contributed by atoms with Crippen LogP contribution < -0.4 is 5.32 Å². The summed E-state index contributed by atoms with van der Waals surface area (Å²) >= 11 is 0. The molecule has 1 aliphatic rings. The highest BCUT2D eigenvalue weighted by Crippen LogP contribution is 2.18. The number of nitro groups is 2. The molecule has 2 aromatic carbocycles. The van der Waals surface area contributed by atoms with Crippen LogP contribution >= 0.6 is 0 Å². The number of nitro benzene ring substituents is 2. The first kappa shape index (κ1) is 21.6. The molecule has 10 nitrogen and oxygen atoms in total. The van der Waals surface area contributed by atoms with Crippen molar-refractivity contribution in [1.82, 2.24) is 10.2 Å². The van der Waals surface area contributed by atoms with Gasteiger partial charge in [-0.1, -0.05) is 12.1 Å². The summed E-state index contributed by atoms with van der Waals surface area (Å²) in [4.78, 5) is 48.1. The zero-order valence-electron chi connectivity index (χ0n) is 16.5. The normalized spacial score (nSPS) is 14.1. The Morgan fingerprint density at radius 2 is 1.55 bits per heavy atom. The molecule has 0 saturated carbocycles. The van der Waals surface area contributed by atoms with E-state index >= 15 is 0 Å². The van der Waals surface area contributed by atoms with Crippen molar-refractivity contribution in [2.45, 2.75) is 19.3 Å². The number of carbonyl (C=O) groups excluding carboxylic acids is 2. The Balaban J connectivity index is 1.90. The second-order valence-corrected chi connectivity index (χ2v) is 7.02. The predicted octanol–water partition coefficient (Wildman–Crippen LogP) is 3.29. The van der Waals surface area contributed by atoms with Crippen molar-refractivity contribution in [1.29, 1.82) is 0 Å². The zero-order chi connectivity index (χ0) is 22.4. The van der Waals surface area contributed by atoms with Crippen LogP contribution in [-0.4, -0.2) is 39.7 Å². The van der Waals surface area contributed by atoms with Crippen LogP contribution in [0.15, 0.2) is 54.2 Å². The van der Waals surface area contributed by atoms with E-state index in [1.54, 1.807) is 11.0 Å². The Morgan fingerprint density at radius 1 is 0.903 bits per heavy atom. The van der Waals surface area contributed by atoms with Crippen molar-refractivity contribution in [3.05, 3.63) is 85.6 Å². The molecule has 0 atom stereocenters. The van der Waals surface area contributed by atoms with Crippen LogP contribution in [0, 0.1) is 20.2 Å². The Morgan fingerprint density at radius 3 is 2.16 bits per heavy atom. The highest BCUT2D eigenvalue weighted by atomic mass is 16.6. The van der Waals surface area contributed by atoms with Crippen molar-refractivity contribution < 1.29 is 19.4 Å². The molecular formula is C21H20N4O6. The third-order valence-electron chi connectivity index (χ3n) is 4.85. The number of nitrogens with zero attached hydrogens (tertiary/aromatic N) is 3. The van der Waals surface area contributed by atoms with Gasteiger partial charge in [0.25, 0.3) is 23.2 Å². The molecule has 3 rings (SSSR count). The van der Waals surface area contributed by atoms with Crippen LogP contribution in [0.4, 0.5) is 11.4 Å². The molecule has 0 bridgehead atoms. The number of hydrogen-bond donors (Lipinski definition) is 1. The molecule has 31 heavy (non-hydrogen) atoms. The van der Waals surface area contributed by atoms with Gasteiger partial charge in [0.15, 0.2) is 0 Å². The second-order valence-electron chi connectivity index (χ2n) is 7.02. The Labute approximate surface area is 177 Å². The van der Waals surface area contributed by atoms with Crippen molar-refractivity contribution in [3.8, 4) is 0 Å². The van der Waals surface area contributed by atoms with Crippen LogP contribution in [0.3, 0.4) is 0 Å². The molecule has 2 amide bonds. The third kappa shape index (κ3) is 5.50. The van der Waals surface area contributed by atoms with Crippen molar-refractivity contribution in [3.63, 3.8) is 0 Å². The van der Waals surface area contributed by atoms with Crippen LogP contribution in [-0.2, 0) is 4.79 Å². The van der Waals surface area contributed by atoms with Gasteiger partial charge >= 0.3 is 0 Å². The second kappa shape index (κ2) is 9.61. The van der Waals surface area contributed by atoms with E-state index in [9.17, 15) is 29.8 Å². The van der Waals surface area contributed by atoms with Crippen molar-refractivity contribution in [2.75, 3.05) is 13.1 Å². The molecule has 160 valence electrons. The minimum absolute atomic E-state index is 0.0225. The Kier molecular flexibility index (Phi) is 6.71. The lowest BCUT2D eigenvalue weighted by molar-refractivity contribution is -0.385. The fourth-order valence-corrected chi connectivity index (χ4v) is 3.24. The van der Waals surface area contributed by atoms with E-state index in [1.807, 2.05) is 0 Å². The fourth-order valence-electron chi connectivity index (χ4n) is 3.24. The first-order chi connectivity index (χ1) is 14.8. The van der Waals surface area contributed by atoms with Gasteiger partial charge in [0.1, 0.15) is 5.70 Å². The van der Waals surface area contributed by atoms with Gasteiger partial charge in [0, 0.05) is 42.9 Å². The number of rotatable bonds is 6.